The summed E-state index contributed by atoms with van der Waals surface area (Å²) in [5, 5.41) is 17.5. The molecule has 5 atom stereocenters. The first kappa shape index (κ1) is 31.0. The van der Waals surface area contributed by atoms with E-state index in [0.29, 0.717) is 43.9 Å². The summed E-state index contributed by atoms with van der Waals surface area (Å²) in [6.07, 6.45) is 2.02. The molecule has 4 rings (SSSR count). The Labute approximate surface area is 240 Å². The molecule has 224 valence electrons. The lowest BCUT2D eigenvalue weighted by Crippen LogP contribution is -2.52. The molecule has 1 unspecified atom stereocenters. The van der Waals surface area contributed by atoms with Crippen LogP contribution >= 0.6 is 0 Å². The van der Waals surface area contributed by atoms with Crippen LogP contribution in [-0.2, 0) is 15.9 Å². The molecule has 41 heavy (non-hydrogen) atoms. The number of benzene rings is 2. The molecule has 0 spiro atoms. The molecule has 0 aliphatic carbocycles. The van der Waals surface area contributed by atoms with E-state index in [9.17, 15) is 23.5 Å². The summed E-state index contributed by atoms with van der Waals surface area (Å²) in [5.74, 6) is -2.12. The van der Waals surface area contributed by atoms with Gasteiger partial charge in [-0.25, -0.2) is 8.78 Å². The van der Waals surface area contributed by atoms with E-state index in [-0.39, 0.29) is 36.1 Å². The molecule has 8 nitrogen and oxygen atoms in total. The highest BCUT2D eigenvalue weighted by molar-refractivity contribution is 6.00. The van der Waals surface area contributed by atoms with Gasteiger partial charge in [0.25, 0.3) is 11.8 Å². The summed E-state index contributed by atoms with van der Waals surface area (Å²) in [7, 11) is 1.61. The molecule has 0 bridgehead atoms. The lowest BCUT2D eigenvalue weighted by atomic mass is 9.94. The number of hydrogen-bond acceptors (Lipinski definition) is 6. The van der Waals surface area contributed by atoms with E-state index in [0.717, 1.165) is 30.9 Å². The number of nitrogens with one attached hydrogen (secondary N) is 2. The van der Waals surface area contributed by atoms with E-state index in [4.69, 9.17) is 9.47 Å². The van der Waals surface area contributed by atoms with Crippen molar-refractivity contribution in [1.82, 2.24) is 15.5 Å². The molecule has 2 heterocycles. The third-order valence-corrected chi connectivity index (χ3v) is 7.78. The molecule has 2 aliphatic rings. The molecular weight excluding hydrogens is 532 g/mol. The minimum atomic E-state index is -1.06. The van der Waals surface area contributed by atoms with Gasteiger partial charge < -0.3 is 30.1 Å². The lowest BCUT2D eigenvalue weighted by molar-refractivity contribution is 0.0514. The molecule has 0 aromatic heterocycles. The van der Waals surface area contributed by atoms with Crippen LogP contribution in [0.25, 0.3) is 0 Å². The monoisotopic (exact) mass is 573 g/mol. The fraction of sp³-hybridized carbons (Fsp3) is 0.548. The standard InChI is InChI=1S/C31H41F2N3O5/c1-4-8-41-26-16-27(34-17-26)29(37)28(13-20-11-23(32)15-24(33)12-20)35-30(38)21-9-19(2)10-22(14-21)31(39)36-7-5-6-25(36)18-40-3/h9-12,14-15,25-29,34,37H,4-8,13,16-18H2,1-3H3,(H,35,38)/t25?,26-,27-,28+,29-/m1/s1. The third kappa shape index (κ3) is 8.09. The van der Waals surface area contributed by atoms with Crippen LogP contribution in [0, 0.1) is 18.6 Å². The minimum absolute atomic E-state index is 0.00430. The fourth-order valence-corrected chi connectivity index (χ4v) is 5.85. The van der Waals surface area contributed by atoms with Crippen molar-refractivity contribution in [3.8, 4) is 0 Å². The largest absolute Gasteiger partial charge is 0.389 e. The van der Waals surface area contributed by atoms with Gasteiger partial charge in [-0.15, -0.1) is 0 Å². The van der Waals surface area contributed by atoms with Crippen LogP contribution < -0.4 is 10.6 Å². The first-order valence-corrected chi connectivity index (χ1v) is 14.4. The number of aliphatic hydroxyl groups excluding tert-OH is 1. The van der Waals surface area contributed by atoms with Crippen molar-refractivity contribution in [1.29, 1.82) is 0 Å². The summed E-state index contributed by atoms with van der Waals surface area (Å²) >= 11 is 0. The van der Waals surface area contributed by atoms with Crippen LogP contribution in [0.1, 0.15) is 64.4 Å². The molecule has 2 aliphatic heterocycles. The number of likely N-dealkylation sites (tertiary alicyclic amines) is 1. The summed E-state index contributed by atoms with van der Waals surface area (Å²) < 4.78 is 39.1. The van der Waals surface area contributed by atoms with E-state index in [1.54, 1.807) is 30.2 Å². The van der Waals surface area contributed by atoms with Crippen molar-refractivity contribution in [2.75, 3.05) is 33.4 Å². The van der Waals surface area contributed by atoms with Crippen LogP contribution in [0.4, 0.5) is 8.78 Å². The summed E-state index contributed by atoms with van der Waals surface area (Å²) in [4.78, 5) is 28.7. The molecule has 2 amide bonds. The van der Waals surface area contributed by atoms with Crippen molar-refractivity contribution in [3.63, 3.8) is 0 Å². The van der Waals surface area contributed by atoms with Gasteiger partial charge in [-0.1, -0.05) is 6.92 Å². The summed E-state index contributed by atoms with van der Waals surface area (Å²) in [6.45, 7) is 6.07. The topological polar surface area (TPSA) is 100 Å². The molecule has 2 aromatic carbocycles. The number of rotatable bonds is 12. The first-order valence-electron chi connectivity index (χ1n) is 14.4. The van der Waals surface area contributed by atoms with Gasteiger partial charge in [0.15, 0.2) is 0 Å². The van der Waals surface area contributed by atoms with E-state index >= 15 is 0 Å². The first-order chi connectivity index (χ1) is 19.7. The van der Waals surface area contributed by atoms with Crippen LogP contribution in [0.5, 0.6) is 0 Å². The number of ether oxygens (including phenoxy) is 2. The quantitative estimate of drug-likeness (QED) is 0.360. The maximum Gasteiger partial charge on any atom is 0.254 e. The molecule has 10 heteroatoms. The van der Waals surface area contributed by atoms with Gasteiger partial charge in [-0.2, -0.15) is 0 Å². The van der Waals surface area contributed by atoms with Gasteiger partial charge in [0, 0.05) is 50.0 Å². The zero-order valence-electron chi connectivity index (χ0n) is 24.0. The fourth-order valence-electron chi connectivity index (χ4n) is 5.85. The lowest BCUT2D eigenvalue weighted by Gasteiger charge is -2.29. The molecule has 2 fully saturated rings. The average Bonchev–Trinajstić information content (AvgIpc) is 3.60. The highest BCUT2D eigenvalue weighted by atomic mass is 19.1. The van der Waals surface area contributed by atoms with Gasteiger partial charge in [0.05, 0.1) is 30.9 Å². The van der Waals surface area contributed by atoms with E-state index < -0.39 is 29.7 Å². The number of hydrogen-bond donors (Lipinski definition) is 3. The second kappa shape index (κ2) is 14.3. The normalized spacial score (nSPS) is 22.1. The van der Waals surface area contributed by atoms with Crippen molar-refractivity contribution in [2.24, 2.45) is 0 Å². The zero-order valence-corrected chi connectivity index (χ0v) is 24.0. The molecule has 2 saturated heterocycles. The molecular formula is C31H41F2N3O5. The van der Waals surface area contributed by atoms with Gasteiger partial charge in [-0.3, -0.25) is 9.59 Å². The van der Waals surface area contributed by atoms with E-state index in [1.165, 1.54) is 12.1 Å². The minimum Gasteiger partial charge on any atom is -0.389 e. The van der Waals surface area contributed by atoms with Gasteiger partial charge in [0.2, 0.25) is 0 Å². The van der Waals surface area contributed by atoms with Gasteiger partial charge >= 0.3 is 0 Å². The molecule has 3 N–H and O–H groups in total. The Morgan fingerprint density at radius 3 is 2.59 bits per heavy atom. The SMILES string of the molecule is CCCO[C@H]1CN[C@@H]([C@@H](O)[C@H](Cc2cc(F)cc(F)c2)NC(=O)c2cc(C)cc(C(=O)N3CCCC3COC)c2)C1. The number of nitrogens with zero attached hydrogens (tertiary/aromatic N) is 1. The second-order valence-corrected chi connectivity index (χ2v) is 11.1. The van der Waals surface area contributed by atoms with Gasteiger partial charge in [0.1, 0.15) is 11.6 Å². The van der Waals surface area contributed by atoms with E-state index in [1.807, 2.05) is 13.8 Å². The Balaban J connectivity index is 1.54. The predicted octanol–water partition coefficient (Wildman–Crippen LogP) is 3.38. The van der Waals surface area contributed by atoms with Crippen molar-refractivity contribution < 1.29 is 33.0 Å². The number of methoxy groups -OCH3 is 1. The maximum absolute atomic E-state index is 14.0. The van der Waals surface area contributed by atoms with Crippen LogP contribution in [-0.4, -0.2) is 85.6 Å². The smallest absolute Gasteiger partial charge is 0.254 e. The molecule has 0 saturated carbocycles. The zero-order chi connectivity index (χ0) is 29.5. The molecule has 2 aromatic rings. The number of aliphatic hydroxyl groups is 1. The van der Waals surface area contributed by atoms with Crippen molar-refractivity contribution in [3.05, 3.63) is 70.3 Å². The predicted molar refractivity (Wildman–Crippen MR) is 151 cm³/mol. The highest BCUT2D eigenvalue weighted by Crippen LogP contribution is 2.23. The molecule has 0 radical (unpaired) electrons. The number of aryl methyl sites for hydroxylation is 1. The van der Waals surface area contributed by atoms with Crippen LogP contribution in [0.3, 0.4) is 0 Å². The van der Waals surface area contributed by atoms with Crippen LogP contribution in [0.2, 0.25) is 0 Å². The van der Waals surface area contributed by atoms with E-state index in [2.05, 4.69) is 10.6 Å². The number of carbonyl (C=O) groups is 2. The number of carbonyl (C=O) groups excluding carboxylic acids is 2. The van der Waals surface area contributed by atoms with Crippen LogP contribution in [0.15, 0.2) is 36.4 Å². The maximum atomic E-state index is 14.0. The van der Waals surface area contributed by atoms with Gasteiger partial charge in [-0.05, 0) is 80.5 Å². The Hall–Kier alpha value is -2.92. The summed E-state index contributed by atoms with van der Waals surface area (Å²) in [5.41, 5.74) is 1.71. The third-order valence-electron chi connectivity index (χ3n) is 7.78. The Morgan fingerprint density at radius 1 is 1.15 bits per heavy atom. The average molecular weight is 574 g/mol. The number of halogens is 2. The number of amides is 2. The Morgan fingerprint density at radius 2 is 1.88 bits per heavy atom. The Bertz CT molecular complexity index is 1190. The second-order valence-electron chi connectivity index (χ2n) is 11.1. The summed E-state index contributed by atoms with van der Waals surface area (Å²) in [6, 6.07) is 6.89. The van der Waals surface area contributed by atoms with Crippen molar-refractivity contribution >= 4 is 11.8 Å². The Kier molecular flexibility index (Phi) is 10.8. The van der Waals surface area contributed by atoms with Crippen molar-refractivity contribution in [2.45, 2.75) is 76.3 Å². The highest BCUT2D eigenvalue weighted by Gasteiger charge is 2.36.